The van der Waals surface area contributed by atoms with Crippen molar-refractivity contribution in [1.29, 1.82) is 0 Å². The molecule has 1 aromatic heterocycles. The van der Waals surface area contributed by atoms with E-state index in [-0.39, 0.29) is 11.5 Å². The van der Waals surface area contributed by atoms with Crippen molar-refractivity contribution in [3.63, 3.8) is 0 Å². The number of benzene rings is 2. The van der Waals surface area contributed by atoms with Gasteiger partial charge in [0.25, 0.3) is 5.56 Å². The van der Waals surface area contributed by atoms with Crippen LogP contribution in [0.25, 0.3) is 10.9 Å². The van der Waals surface area contributed by atoms with Gasteiger partial charge in [-0.15, -0.1) is 0 Å². The van der Waals surface area contributed by atoms with Gasteiger partial charge in [0.1, 0.15) is 5.82 Å². The Morgan fingerprint density at radius 2 is 1.93 bits per heavy atom. The lowest BCUT2D eigenvalue weighted by Crippen LogP contribution is -2.57. The van der Waals surface area contributed by atoms with Gasteiger partial charge in [0.15, 0.2) is 5.96 Å². The van der Waals surface area contributed by atoms with E-state index in [9.17, 15) is 4.79 Å². The van der Waals surface area contributed by atoms with Crippen molar-refractivity contribution in [2.45, 2.75) is 77.9 Å². The number of hydrogen-bond donors (Lipinski definition) is 2. The van der Waals surface area contributed by atoms with Crippen LogP contribution >= 0.6 is 0 Å². The maximum Gasteiger partial charge on any atom is 0.261 e. The molecule has 6 atom stereocenters. The molecule has 2 N–H and O–H groups in total. The molecule has 5 aliphatic rings. The average molecular weight is 553 g/mol. The van der Waals surface area contributed by atoms with Crippen molar-refractivity contribution in [3.8, 4) is 0 Å². The van der Waals surface area contributed by atoms with E-state index >= 15 is 0 Å². The zero-order chi connectivity index (χ0) is 28.3. The third kappa shape index (κ3) is 4.66. The van der Waals surface area contributed by atoms with E-state index in [2.05, 4.69) is 73.6 Å². The molecule has 0 spiro atoms. The predicted molar refractivity (Wildman–Crippen MR) is 167 cm³/mol. The third-order valence-corrected chi connectivity index (χ3v) is 10.9. The van der Waals surface area contributed by atoms with Gasteiger partial charge in [-0.1, -0.05) is 51.1 Å². The number of hydrogen-bond acceptors (Lipinski definition) is 4. The molecule has 4 fully saturated rings. The second-order valence-electron chi connectivity index (χ2n) is 13.7. The predicted octanol–water partition coefficient (Wildman–Crippen LogP) is 5.45. The molecule has 3 aliphatic carbocycles. The summed E-state index contributed by atoms with van der Waals surface area (Å²) < 4.78 is 1.91. The van der Waals surface area contributed by atoms with Crippen molar-refractivity contribution in [3.05, 3.63) is 70.3 Å². The van der Waals surface area contributed by atoms with Crippen molar-refractivity contribution >= 4 is 22.5 Å². The van der Waals surface area contributed by atoms with Crippen LogP contribution in [0.1, 0.15) is 70.7 Å². The highest BCUT2D eigenvalue weighted by Gasteiger charge is 2.56. The van der Waals surface area contributed by atoms with E-state index < -0.39 is 0 Å². The minimum absolute atomic E-state index is 0.0693. The minimum atomic E-state index is 0.0693. The van der Waals surface area contributed by atoms with Gasteiger partial charge in [-0.05, 0) is 79.5 Å². The Hall–Kier alpha value is -3.19. The molecule has 7 heteroatoms. The van der Waals surface area contributed by atoms with Crippen LogP contribution in [-0.2, 0) is 6.54 Å². The molecule has 3 saturated carbocycles. The maximum atomic E-state index is 13.6. The van der Waals surface area contributed by atoms with Crippen LogP contribution in [0.5, 0.6) is 0 Å². The summed E-state index contributed by atoms with van der Waals surface area (Å²) in [6.45, 7) is 13.1. The fraction of sp³-hybridized carbons (Fsp3) is 0.559. The summed E-state index contributed by atoms with van der Waals surface area (Å²) in [6, 6.07) is 17.3. The number of nitrogens with zero attached hydrogens (tertiary/aromatic N) is 4. The molecule has 1 saturated heterocycles. The Labute approximate surface area is 243 Å². The zero-order valence-corrected chi connectivity index (χ0v) is 24.9. The Balaban J connectivity index is 1.24. The van der Waals surface area contributed by atoms with Crippen molar-refractivity contribution in [2.24, 2.45) is 28.2 Å². The summed E-state index contributed by atoms with van der Waals surface area (Å²) in [4.78, 5) is 26.6. The van der Waals surface area contributed by atoms with Crippen molar-refractivity contribution in [2.75, 3.05) is 25.0 Å². The van der Waals surface area contributed by atoms with Crippen LogP contribution in [0.4, 0.5) is 5.69 Å². The smallest absolute Gasteiger partial charge is 0.261 e. The highest BCUT2D eigenvalue weighted by Crippen LogP contribution is 2.61. The first kappa shape index (κ1) is 26.7. The van der Waals surface area contributed by atoms with Crippen LogP contribution in [-0.4, -0.2) is 52.1 Å². The molecule has 3 aromatic rings. The summed E-state index contributed by atoms with van der Waals surface area (Å²) in [5.41, 5.74) is 3.44. The van der Waals surface area contributed by atoms with Crippen LogP contribution < -0.4 is 16.2 Å². The van der Waals surface area contributed by atoms with Gasteiger partial charge in [0.05, 0.1) is 16.9 Å². The summed E-state index contributed by atoms with van der Waals surface area (Å²) in [5, 5.41) is 7.98. The van der Waals surface area contributed by atoms with E-state index in [1.165, 1.54) is 18.4 Å². The third-order valence-electron chi connectivity index (χ3n) is 10.9. The summed E-state index contributed by atoms with van der Waals surface area (Å²) >= 11 is 0. The Kier molecular flexibility index (Phi) is 6.68. The summed E-state index contributed by atoms with van der Waals surface area (Å²) in [5.74, 6) is 4.08. The van der Waals surface area contributed by atoms with Gasteiger partial charge >= 0.3 is 0 Å². The number of guanidine groups is 1. The molecule has 0 amide bonds. The lowest BCUT2D eigenvalue weighted by atomic mass is 9.45. The fourth-order valence-electron chi connectivity index (χ4n) is 8.28. The Morgan fingerprint density at radius 1 is 1.10 bits per heavy atom. The Morgan fingerprint density at radius 3 is 2.68 bits per heavy atom. The molecule has 2 aromatic carbocycles. The standard InChI is InChI=1S/C34H44N6O/c1-21-20-39(16-14-35-21)33(38-29-18-24-17-28(22(29)2)34(24,3)4)36-25-12-13-27-30(19-25)37-31-26(23-9-6-5-7-10-23)11-8-15-40(31)32(27)41/h5-7,9-10,12-13,19,21-22,24,26,28-29,35H,8,11,14-18,20H2,1-4H3,(H,36,38)/t21-,22?,24-,26?,28+,29-/m0/s1. The van der Waals surface area contributed by atoms with Gasteiger partial charge in [0, 0.05) is 43.8 Å². The van der Waals surface area contributed by atoms with Crippen molar-refractivity contribution in [1.82, 2.24) is 19.8 Å². The number of nitrogens with one attached hydrogen (secondary N) is 2. The first-order valence-electron chi connectivity index (χ1n) is 15.7. The Bertz CT molecular complexity index is 1530. The number of piperazine rings is 1. The molecule has 7 nitrogen and oxygen atoms in total. The lowest BCUT2D eigenvalue weighted by molar-refractivity contribution is -0.108. The first-order valence-corrected chi connectivity index (χ1v) is 15.7. The normalized spacial score (nSPS) is 30.9. The zero-order valence-electron chi connectivity index (χ0n) is 24.9. The molecule has 0 radical (unpaired) electrons. The van der Waals surface area contributed by atoms with E-state index in [4.69, 9.17) is 9.98 Å². The van der Waals surface area contributed by atoms with E-state index in [1.54, 1.807) is 0 Å². The maximum absolute atomic E-state index is 13.6. The first-order chi connectivity index (χ1) is 19.8. The summed E-state index contributed by atoms with van der Waals surface area (Å²) in [6.07, 6.45) is 4.52. The van der Waals surface area contributed by atoms with Crippen LogP contribution in [0, 0.1) is 23.2 Å². The molecule has 216 valence electrons. The minimum Gasteiger partial charge on any atom is -0.340 e. The van der Waals surface area contributed by atoms with Gasteiger partial charge < -0.3 is 15.5 Å². The summed E-state index contributed by atoms with van der Waals surface area (Å²) in [7, 11) is 0. The van der Waals surface area contributed by atoms with Crippen LogP contribution in [0.3, 0.4) is 0 Å². The second-order valence-corrected chi connectivity index (χ2v) is 13.7. The molecule has 2 bridgehead atoms. The van der Waals surface area contributed by atoms with Crippen LogP contribution in [0.15, 0.2) is 58.3 Å². The fourth-order valence-corrected chi connectivity index (χ4v) is 8.28. The average Bonchev–Trinajstić information content (AvgIpc) is 2.97. The van der Waals surface area contributed by atoms with Gasteiger partial charge in [-0.25, -0.2) is 9.98 Å². The molecule has 8 rings (SSSR count). The van der Waals surface area contributed by atoms with E-state index in [0.29, 0.717) is 28.8 Å². The van der Waals surface area contributed by atoms with E-state index in [1.807, 2.05) is 22.8 Å². The van der Waals surface area contributed by atoms with Crippen molar-refractivity contribution < 1.29 is 0 Å². The topological polar surface area (TPSA) is 74.5 Å². The number of aliphatic imine (C=N–C) groups is 1. The molecule has 3 heterocycles. The molecule has 41 heavy (non-hydrogen) atoms. The largest absolute Gasteiger partial charge is 0.340 e. The van der Waals surface area contributed by atoms with Gasteiger partial charge in [-0.3, -0.25) is 9.36 Å². The highest BCUT2D eigenvalue weighted by molar-refractivity contribution is 5.96. The van der Waals surface area contributed by atoms with Crippen LogP contribution in [0.2, 0.25) is 0 Å². The molecule has 2 aliphatic heterocycles. The molecular weight excluding hydrogens is 508 g/mol. The van der Waals surface area contributed by atoms with Gasteiger partial charge in [-0.2, -0.15) is 0 Å². The quantitative estimate of drug-likeness (QED) is 0.334. The molecule has 2 unspecified atom stereocenters. The number of rotatable bonds is 3. The molecular formula is C34H44N6O. The number of aromatic nitrogens is 2. The lowest BCUT2D eigenvalue weighted by Gasteiger charge is -2.61. The number of anilines is 1. The second kappa shape index (κ2) is 10.3. The van der Waals surface area contributed by atoms with E-state index in [0.717, 1.165) is 73.8 Å². The SMILES string of the molecule is CC1[C@@H](/N=C(/Nc2ccc3c(=O)n4c(nc3c2)C(c2ccccc2)CCC4)N2CCN[C@@H](C)C2)C[C@@H]2C[C@H]1C2(C)C. The highest BCUT2D eigenvalue weighted by atomic mass is 16.1. The van der Waals surface area contributed by atoms with Gasteiger partial charge in [0.2, 0.25) is 0 Å². The monoisotopic (exact) mass is 552 g/mol. The number of fused-ring (bicyclic) bond motifs is 4.